The summed E-state index contributed by atoms with van der Waals surface area (Å²) in [5.41, 5.74) is 8.98. The first-order chi connectivity index (χ1) is 30.1. The molecule has 8 aromatic carbocycles. The number of hydrogen-bond donors (Lipinski definition) is 0. The molecule has 0 aliphatic heterocycles. The average Bonchev–Trinajstić information content (AvgIpc) is 3.73. The molecule has 55 heavy (non-hydrogen) atoms. The molecule has 0 spiro atoms. The van der Waals surface area contributed by atoms with E-state index in [4.69, 9.17) is 23.2 Å². The van der Waals surface area contributed by atoms with Crippen LogP contribution >= 0.6 is 11.3 Å². The van der Waals surface area contributed by atoms with Crippen LogP contribution in [-0.4, -0.2) is 15.0 Å². The van der Waals surface area contributed by atoms with E-state index in [0.29, 0.717) is 38.9 Å². The fraction of sp³-hybridized carbons (Fsp3) is 0. The highest BCUT2D eigenvalue weighted by atomic mass is 32.1. The van der Waals surface area contributed by atoms with Gasteiger partial charge in [-0.25, -0.2) is 15.0 Å². The molecule has 0 aliphatic carbocycles. The van der Waals surface area contributed by atoms with Gasteiger partial charge in [-0.2, -0.15) is 0 Å². The van der Waals surface area contributed by atoms with Gasteiger partial charge in [0.15, 0.2) is 17.5 Å². The van der Waals surface area contributed by atoms with E-state index in [-0.39, 0.29) is 51.7 Å². The van der Waals surface area contributed by atoms with Gasteiger partial charge in [0.1, 0.15) is 0 Å². The van der Waals surface area contributed by atoms with Crippen molar-refractivity contribution in [2.75, 3.05) is 0 Å². The minimum absolute atomic E-state index is 0.179. The van der Waals surface area contributed by atoms with Crippen LogP contribution in [0.1, 0.15) is 9.60 Å². The van der Waals surface area contributed by atoms with E-state index < -0.39 is 6.04 Å². The van der Waals surface area contributed by atoms with Crippen LogP contribution in [0.5, 0.6) is 0 Å². The molecule has 0 radical (unpaired) electrons. The van der Waals surface area contributed by atoms with Gasteiger partial charge in [-0.15, -0.1) is 11.3 Å². The molecule has 10 aromatic rings. The van der Waals surface area contributed by atoms with Gasteiger partial charge < -0.3 is 0 Å². The molecule has 0 amide bonds. The van der Waals surface area contributed by atoms with Crippen LogP contribution in [-0.2, 0) is 0 Å². The van der Waals surface area contributed by atoms with Gasteiger partial charge in [0, 0.05) is 36.9 Å². The summed E-state index contributed by atoms with van der Waals surface area (Å²) < 4.78 is 62.4. The highest BCUT2D eigenvalue weighted by Crippen LogP contribution is 2.42. The minimum atomic E-state index is -0.413. The van der Waals surface area contributed by atoms with E-state index in [2.05, 4.69) is 48.5 Å². The molecule has 0 atom stereocenters. The predicted molar refractivity (Wildman–Crippen MR) is 231 cm³/mol. The lowest BCUT2D eigenvalue weighted by Gasteiger charge is -2.13. The number of benzene rings is 8. The van der Waals surface area contributed by atoms with Gasteiger partial charge in [-0.05, 0) is 74.8 Å². The molecule has 0 N–H and O–H groups in total. The second-order valence-electron chi connectivity index (χ2n) is 13.1. The number of thiophene rings is 1. The Labute approximate surface area is 333 Å². The van der Waals surface area contributed by atoms with Crippen LogP contribution in [0.4, 0.5) is 0 Å². The molecule has 0 fully saturated rings. The lowest BCUT2D eigenvalue weighted by molar-refractivity contribution is 1.07. The van der Waals surface area contributed by atoms with Gasteiger partial charge in [-0.3, -0.25) is 0 Å². The summed E-state index contributed by atoms with van der Waals surface area (Å²) in [6.45, 7) is 0. The SMILES string of the molecule is [2H]c1c([2H])c([2H])c2c(sc3c(-c4cc(-c5ccccc5)cc(-c5nc(-c6ccc(-c7ccccc7)cc6)nc(-c6cccc(-c7ccccc7)c6)n5)c4)c([2H])c([2H])c([2H])c32)c1[2H]. The van der Waals surface area contributed by atoms with Crippen molar-refractivity contribution in [3.63, 3.8) is 0 Å². The summed E-state index contributed by atoms with van der Waals surface area (Å²) in [4.78, 5) is 15.3. The van der Waals surface area contributed by atoms with Crippen molar-refractivity contribution in [1.29, 1.82) is 0 Å². The normalized spacial score (nSPS) is 13.1. The lowest BCUT2D eigenvalue weighted by Crippen LogP contribution is -2.01. The highest BCUT2D eigenvalue weighted by Gasteiger charge is 2.17. The van der Waals surface area contributed by atoms with Gasteiger partial charge in [0.2, 0.25) is 0 Å². The Balaban J connectivity index is 1.23. The molecule has 0 aliphatic rings. The van der Waals surface area contributed by atoms with Gasteiger partial charge >= 0.3 is 0 Å². The van der Waals surface area contributed by atoms with E-state index >= 15 is 0 Å². The monoisotopic (exact) mass is 726 g/mol. The van der Waals surface area contributed by atoms with Crippen molar-refractivity contribution in [2.45, 2.75) is 0 Å². The van der Waals surface area contributed by atoms with E-state index in [1.54, 1.807) is 0 Å². The Kier molecular flexibility index (Phi) is 6.63. The zero-order valence-corrected chi connectivity index (χ0v) is 30.1. The van der Waals surface area contributed by atoms with Crippen LogP contribution in [0.25, 0.3) is 98.8 Å². The van der Waals surface area contributed by atoms with Crippen LogP contribution in [0.15, 0.2) is 200 Å². The standard InChI is InChI=1S/C51H33N3S/c1-4-14-34(15-5-1)37-26-28-38(29-27-37)49-52-50(40-21-12-20-39(30-40)35-16-6-2-7-17-35)54-51(53-49)43-32-41(36-18-8-3-9-19-36)31-42(33-43)44-23-13-24-46-45-22-10-11-25-47(45)55-48(44)46/h1-33H/i10D,11D,13D,22D,23D,24D,25D. The second kappa shape index (κ2) is 14.1. The van der Waals surface area contributed by atoms with Crippen molar-refractivity contribution >= 4 is 31.5 Å². The van der Waals surface area contributed by atoms with Crippen LogP contribution < -0.4 is 0 Å². The number of nitrogens with zero attached hydrogens (tertiary/aromatic N) is 3. The summed E-state index contributed by atoms with van der Waals surface area (Å²) in [5, 5.41) is 0.402. The maximum absolute atomic E-state index is 9.32. The quantitative estimate of drug-likeness (QED) is 0.164. The summed E-state index contributed by atoms with van der Waals surface area (Å²) in [6, 6.07) is 50.0. The van der Waals surface area contributed by atoms with Crippen molar-refractivity contribution in [3.8, 4) is 78.7 Å². The predicted octanol–water partition coefficient (Wildman–Crippen LogP) is 13.9. The van der Waals surface area contributed by atoms with Crippen molar-refractivity contribution < 1.29 is 9.60 Å². The summed E-state index contributed by atoms with van der Waals surface area (Å²) in [6.07, 6.45) is 0. The molecule has 258 valence electrons. The van der Waals surface area contributed by atoms with Crippen molar-refractivity contribution in [3.05, 3.63) is 200 Å². The van der Waals surface area contributed by atoms with Crippen LogP contribution in [0.3, 0.4) is 0 Å². The molecular weight excluding hydrogens is 687 g/mol. The first-order valence-electron chi connectivity index (χ1n) is 21.4. The second-order valence-corrected chi connectivity index (χ2v) is 14.1. The zero-order valence-electron chi connectivity index (χ0n) is 36.3. The molecule has 10 rings (SSSR count). The average molecular weight is 727 g/mol. The smallest absolute Gasteiger partial charge is 0.164 e. The maximum Gasteiger partial charge on any atom is 0.164 e. The number of rotatable bonds is 7. The largest absolute Gasteiger partial charge is 0.208 e. The fourth-order valence-corrected chi connectivity index (χ4v) is 7.99. The zero-order chi connectivity index (χ0) is 42.6. The molecule has 3 nitrogen and oxygen atoms in total. The summed E-state index contributed by atoms with van der Waals surface area (Å²) in [7, 11) is 0. The van der Waals surface area contributed by atoms with Crippen LogP contribution in [0.2, 0.25) is 0 Å². The van der Waals surface area contributed by atoms with Gasteiger partial charge in [-0.1, -0.05) is 170 Å². The Bertz CT molecular complexity index is 3360. The Morgan fingerprint density at radius 3 is 1.53 bits per heavy atom. The number of hydrogen-bond acceptors (Lipinski definition) is 4. The lowest BCUT2D eigenvalue weighted by atomic mass is 9.95. The third-order valence-corrected chi connectivity index (χ3v) is 10.8. The van der Waals surface area contributed by atoms with E-state index in [1.165, 1.54) is 0 Å². The van der Waals surface area contributed by atoms with E-state index in [1.807, 2.05) is 109 Å². The van der Waals surface area contributed by atoms with Gasteiger partial charge in [0.05, 0.1) is 9.60 Å². The molecule has 0 saturated carbocycles. The molecule has 0 unspecified atom stereocenters. The summed E-state index contributed by atoms with van der Waals surface area (Å²) >= 11 is 1.11. The highest BCUT2D eigenvalue weighted by molar-refractivity contribution is 7.26. The Morgan fingerprint density at radius 1 is 0.345 bits per heavy atom. The Morgan fingerprint density at radius 2 is 0.818 bits per heavy atom. The number of fused-ring (bicyclic) bond motifs is 3. The van der Waals surface area contributed by atoms with Gasteiger partial charge in [0.25, 0.3) is 0 Å². The molecular formula is C51H33N3S. The molecule has 2 aromatic heterocycles. The first-order valence-corrected chi connectivity index (χ1v) is 18.7. The molecule has 4 heteroatoms. The fourth-order valence-electron chi connectivity index (χ4n) is 6.90. The minimum Gasteiger partial charge on any atom is -0.208 e. The molecule has 2 heterocycles. The third kappa shape index (κ3) is 6.39. The maximum atomic E-state index is 9.32. The third-order valence-electron chi connectivity index (χ3n) is 9.64. The van der Waals surface area contributed by atoms with E-state index in [9.17, 15) is 1.37 Å². The first kappa shape index (κ1) is 25.9. The molecule has 0 bridgehead atoms. The van der Waals surface area contributed by atoms with E-state index in [0.717, 1.165) is 55.8 Å². The summed E-state index contributed by atoms with van der Waals surface area (Å²) in [5.74, 6) is 1.30. The molecule has 0 saturated heterocycles. The van der Waals surface area contributed by atoms with Crippen LogP contribution in [0, 0.1) is 0 Å². The Hall–Kier alpha value is -7.01. The number of aromatic nitrogens is 3. The topological polar surface area (TPSA) is 38.7 Å². The van der Waals surface area contributed by atoms with Crippen molar-refractivity contribution in [2.24, 2.45) is 0 Å². The van der Waals surface area contributed by atoms with Crippen molar-refractivity contribution in [1.82, 2.24) is 15.0 Å².